The molecule has 0 aliphatic carbocycles. The monoisotopic (exact) mass is 654 g/mol. The average Bonchev–Trinajstić information content (AvgIpc) is 2.83. The molecule has 0 fully saturated rings. The molecule has 11 nitrogen and oxygen atoms in total. The smallest absolute Gasteiger partial charge is 0.316 e. The van der Waals surface area contributed by atoms with Crippen LogP contribution in [0.25, 0.3) is 0 Å². The Balaban J connectivity index is -0.00000204. The molecule has 0 radical (unpaired) electrons. The first-order valence-electron chi connectivity index (χ1n) is 13.3. The predicted molar refractivity (Wildman–Crippen MR) is 159 cm³/mol. The van der Waals surface area contributed by atoms with E-state index in [9.17, 15) is 39.8 Å². The molecule has 15 heteroatoms. The normalized spacial score (nSPS) is 16.3. The maximum absolute atomic E-state index is 11.9. The second-order valence-corrected chi connectivity index (χ2v) is 10.7. The van der Waals surface area contributed by atoms with E-state index >= 15 is 0 Å². The van der Waals surface area contributed by atoms with E-state index in [0.717, 1.165) is 25.7 Å². The Kier molecular flexibility index (Phi) is 38.2. The molecule has 0 bridgehead atoms. The second-order valence-electron chi connectivity index (χ2n) is 9.35. The minimum atomic E-state index is -5.11. The zero-order valence-corrected chi connectivity index (χ0v) is 22.5. The van der Waals surface area contributed by atoms with Crippen LogP contribution in [0.2, 0.25) is 0 Å². The number of aliphatic hydroxyl groups excluding tert-OH is 6. The van der Waals surface area contributed by atoms with Gasteiger partial charge in [-0.05, 0) is 6.42 Å². The van der Waals surface area contributed by atoms with Crippen LogP contribution in [0.5, 0.6) is 0 Å². The third-order valence-electron chi connectivity index (χ3n) is 6.02. The first-order valence-corrected chi connectivity index (χ1v) is 14.8. The van der Waals surface area contributed by atoms with Gasteiger partial charge in [-0.3, -0.25) is 9.69 Å². The molecule has 39 heavy (non-hydrogen) atoms. The van der Waals surface area contributed by atoms with Crippen molar-refractivity contribution in [2.24, 2.45) is 0 Å². The molecule has 2 unspecified atom stereocenters. The van der Waals surface area contributed by atoms with Crippen molar-refractivity contribution in [2.75, 3.05) is 6.61 Å². The van der Waals surface area contributed by atoms with Crippen molar-refractivity contribution in [2.45, 2.75) is 140 Å². The fraction of sp³-hybridized carbons (Fsp3) is 0.958. The molecule has 7 N–H and O–H groups in total. The van der Waals surface area contributed by atoms with Gasteiger partial charge in [0.05, 0.1) is 6.61 Å². The summed E-state index contributed by atoms with van der Waals surface area (Å²) in [6.45, 7) is 1.28. The minimum Gasteiger partial charge on any atom is 0.316 e. The van der Waals surface area contributed by atoms with Gasteiger partial charge in [0, 0.05) is 6.42 Å². The van der Waals surface area contributed by atoms with Crippen LogP contribution in [0.3, 0.4) is 0 Å². The molecule has 0 saturated heterocycles. The molecule has 0 aromatic heterocycles. The number of hydrogen-bond donors (Lipinski definition) is 7. The molecular formula is C24H55Ca2MgO11P. The van der Waals surface area contributed by atoms with Crippen LogP contribution in [0.4, 0.5) is 0 Å². The molecule has 6 atom stereocenters. The Hall–Kier alpha value is 2.67. The van der Waals surface area contributed by atoms with Crippen molar-refractivity contribution in [3.8, 4) is 0 Å². The van der Waals surface area contributed by atoms with E-state index in [0.29, 0.717) is 6.42 Å². The fourth-order valence-corrected chi connectivity index (χ4v) is 4.53. The van der Waals surface area contributed by atoms with Crippen molar-refractivity contribution in [1.82, 2.24) is 0 Å². The SMILES string of the molecule is CCCCCCCCCCCCCCCCCC(=O)OP(=O)(O)OC(O)[C@@H](O)[C@@H](O)[C@H](O)[C@H](O)CO.[CaH2].[CaH2].[MgH2]. The van der Waals surface area contributed by atoms with E-state index in [-0.39, 0.29) is 105 Å². The van der Waals surface area contributed by atoms with Crippen molar-refractivity contribution in [3.05, 3.63) is 0 Å². The van der Waals surface area contributed by atoms with Gasteiger partial charge in [-0.1, -0.05) is 96.8 Å². The van der Waals surface area contributed by atoms with Crippen LogP contribution in [0.15, 0.2) is 0 Å². The largest absolute Gasteiger partial charge is 0.316 e. The summed E-state index contributed by atoms with van der Waals surface area (Å²) in [5, 5.41) is 56.5. The Morgan fingerprint density at radius 2 is 1.08 bits per heavy atom. The van der Waals surface area contributed by atoms with Gasteiger partial charge in [0.1, 0.15) is 24.4 Å². The summed E-state index contributed by atoms with van der Waals surface area (Å²) >= 11 is 0. The topological polar surface area (TPSA) is 194 Å². The van der Waals surface area contributed by atoms with Crippen LogP contribution < -0.4 is 0 Å². The number of aliphatic hydroxyl groups is 6. The van der Waals surface area contributed by atoms with Gasteiger partial charge in [-0.25, -0.2) is 9.09 Å². The van der Waals surface area contributed by atoms with E-state index in [2.05, 4.69) is 16.0 Å². The molecule has 0 aromatic rings. The zero-order valence-electron chi connectivity index (χ0n) is 21.6. The van der Waals surface area contributed by atoms with Crippen LogP contribution in [0.1, 0.15) is 110 Å². The van der Waals surface area contributed by atoms with Gasteiger partial charge in [-0.15, -0.1) is 0 Å². The molecule has 0 aromatic carbocycles. The Morgan fingerprint density at radius 3 is 1.46 bits per heavy atom. The fourth-order valence-electron chi connectivity index (χ4n) is 3.74. The van der Waals surface area contributed by atoms with Gasteiger partial charge in [0.25, 0.3) is 0 Å². The summed E-state index contributed by atoms with van der Waals surface area (Å²) in [5.74, 6) is -1.02. The predicted octanol–water partition coefficient (Wildman–Crippen LogP) is -0.0862. The first kappa shape index (κ1) is 48.6. The number of hydrogen-bond acceptors (Lipinski definition) is 10. The quantitative estimate of drug-likeness (QED) is 0.0318. The number of unbranched alkanes of at least 4 members (excludes halogenated alkanes) is 14. The number of carbonyl (C=O) groups is 1. The molecular weight excluding hydrogens is 600 g/mol. The van der Waals surface area contributed by atoms with Crippen LogP contribution in [-0.2, 0) is 18.4 Å². The van der Waals surface area contributed by atoms with Crippen LogP contribution in [-0.4, -0.2) is 177 Å². The standard InChI is InChI=1S/C24H49O11P.2Ca.Mg.6H/c1-2-3-4-5-6-7-8-9-10-11-12-13-14-15-16-17-20(27)34-36(32,33)35-24(31)23(30)22(29)21(28)19(26)18-25;;;;;;;;;/h19,21-26,28-31H,2-18H2,1H3,(H,32,33);;;;;;;;;/t19-,21-,22+,23+,24?;;;;;;;;;/m1........./s1. The van der Waals surface area contributed by atoms with Gasteiger partial charge < -0.3 is 35.2 Å². The maximum atomic E-state index is 11.9. The van der Waals surface area contributed by atoms with Crippen LogP contribution in [0, 0.1) is 0 Å². The third-order valence-corrected chi connectivity index (χ3v) is 6.93. The number of phosphoric acid groups is 1. The van der Waals surface area contributed by atoms with E-state index in [1.807, 2.05) is 0 Å². The summed E-state index contributed by atoms with van der Waals surface area (Å²) in [6.07, 6.45) is 6.20. The average molecular weight is 655 g/mol. The summed E-state index contributed by atoms with van der Waals surface area (Å²) in [5.41, 5.74) is 0. The second kappa shape index (κ2) is 30.7. The Labute approximate surface area is 309 Å². The van der Waals surface area contributed by atoms with Gasteiger partial charge in [-0.2, -0.15) is 0 Å². The van der Waals surface area contributed by atoms with Crippen molar-refractivity contribution >= 4 is 112 Å². The minimum absolute atomic E-state index is 0. The van der Waals surface area contributed by atoms with Gasteiger partial charge >= 0.3 is 112 Å². The molecule has 0 aliphatic heterocycles. The van der Waals surface area contributed by atoms with E-state index in [1.54, 1.807) is 0 Å². The molecule has 0 rings (SSSR count). The van der Waals surface area contributed by atoms with Gasteiger partial charge in [0.2, 0.25) is 0 Å². The van der Waals surface area contributed by atoms with Gasteiger partial charge in [0.15, 0.2) is 6.29 Å². The maximum Gasteiger partial charge on any atom is 0.316 e. The van der Waals surface area contributed by atoms with E-state index in [4.69, 9.17) is 5.11 Å². The summed E-state index contributed by atoms with van der Waals surface area (Å²) < 4.78 is 20.4. The Morgan fingerprint density at radius 1 is 0.692 bits per heavy atom. The van der Waals surface area contributed by atoms with Crippen molar-refractivity contribution < 1.29 is 53.9 Å². The molecule has 228 valence electrons. The number of carbonyl (C=O) groups excluding carboxylic acids is 1. The number of rotatable bonds is 24. The molecule has 0 aliphatic rings. The third kappa shape index (κ3) is 26.8. The summed E-state index contributed by atoms with van der Waals surface area (Å²) in [6, 6.07) is 0. The van der Waals surface area contributed by atoms with E-state index in [1.165, 1.54) is 64.2 Å². The Bertz CT molecular complexity index is 610. The van der Waals surface area contributed by atoms with Crippen molar-refractivity contribution in [1.29, 1.82) is 0 Å². The first-order chi connectivity index (χ1) is 17.1. The number of phosphoric ester groups is 1. The van der Waals surface area contributed by atoms with E-state index < -0.39 is 51.1 Å². The van der Waals surface area contributed by atoms with Crippen molar-refractivity contribution in [3.63, 3.8) is 0 Å². The molecule has 0 amide bonds. The summed E-state index contributed by atoms with van der Waals surface area (Å²) in [4.78, 5) is 21.4. The van der Waals surface area contributed by atoms with Crippen LogP contribution >= 0.6 is 7.82 Å². The summed E-state index contributed by atoms with van der Waals surface area (Å²) in [7, 11) is -5.11. The zero-order chi connectivity index (χ0) is 27.4. The molecule has 0 heterocycles. The molecule has 0 spiro atoms. The molecule has 0 saturated carbocycles.